The number of ether oxygens (including phenoxy) is 2. The van der Waals surface area contributed by atoms with Crippen LogP contribution in [0.15, 0.2) is 0 Å². The van der Waals surface area contributed by atoms with E-state index in [1.165, 1.54) is 14.2 Å². The molecule has 0 bridgehead atoms. The van der Waals surface area contributed by atoms with E-state index in [1.807, 2.05) is 6.92 Å². The Morgan fingerprint density at radius 1 is 1.15 bits per heavy atom. The maximum Gasteiger partial charge on any atom is 0.325 e. The van der Waals surface area contributed by atoms with E-state index in [4.69, 9.17) is 0 Å². The molecule has 0 fully saturated rings. The summed E-state index contributed by atoms with van der Waals surface area (Å²) in [5.41, 5.74) is 0.528. The molecular weight excluding hydrogens is 286 g/mol. The number of aryl methyl sites for hydroxylation is 1. The third kappa shape index (κ3) is 3.98. The number of nitrogens with zero attached hydrogens (tertiary/aromatic N) is 3. The number of aromatic nitrogens is 2. The standard InChI is InChI=1S/C11H15N3O5S/c1-4-7-10(20-13-12-7)11(17)14(5-8(15)18-2)6-9(16)19-3/h4-6H2,1-3H3. The third-order valence-corrected chi connectivity index (χ3v) is 3.22. The summed E-state index contributed by atoms with van der Waals surface area (Å²) < 4.78 is 12.7. The summed E-state index contributed by atoms with van der Waals surface area (Å²) in [5, 5.41) is 3.83. The fraction of sp³-hybridized carbons (Fsp3) is 0.545. The van der Waals surface area contributed by atoms with Crippen molar-refractivity contribution in [3.8, 4) is 0 Å². The summed E-state index contributed by atoms with van der Waals surface area (Å²) >= 11 is 0.923. The average Bonchev–Trinajstić information content (AvgIpc) is 2.93. The van der Waals surface area contributed by atoms with Crippen LogP contribution in [-0.2, 0) is 25.5 Å². The van der Waals surface area contributed by atoms with Crippen LogP contribution in [0.4, 0.5) is 0 Å². The summed E-state index contributed by atoms with van der Waals surface area (Å²) in [7, 11) is 2.41. The zero-order chi connectivity index (χ0) is 15.1. The Morgan fingerprint density at radius 2 is 1.70 bits per heavy atom. The van der Waals surface area contributed by atoms with Crippen molar-refractivity contribution in [1.82, 2.24) is 14.5 Å². The van der Waals surface area contributed by atoms with Gasteiger partial charge in [-0.2, -0.15) is 0 Å². The van der Waals surface area contributed by atoms with Crippen LogP contribution in [0.1, 0.15) is 22.3 Å². The van der Waals surface area contributed by atoms with Crippen molar-refractivity contribution < 1.29 is 23.9 Å². The predicted molar refractivity (Wildman–Crippen MR) is 69.2 cm³/mol. The minimum absolute atomic E-state index is 0.306. The number of hydrogen-bond donors (Lipinski definition) is 0. The Kier molecular flexibility index (Phi) is 6.04. The monoisotopic (exact) mass is 301 g/mol. The second-order valence-electron chi connectivity index (χ2n) is 3.72. The van der Waals surface area contributed by atoms with Gasteiger partial charge in [-0.1, -0.05) is 11.4 Å². The number of esters is 2. The number of carbonyl (C=O) groups is 3. The summed E-state index contributed by atoms with van der Waals surface area (Å²) in [4.78, 5) is 36.3. The van der Waals surface area contributed by atoms with Gasteiger partial charge in [0, 0.05) is 0 Å². The van der Waals surface area contributed by atoms with Gasteiger partial charge in [0.25, 0.3) is 5.91 Å². The molecule has 9 heteroatoms. The van der Waals surface area contributed by atoms with Crippen LogP contribution < -0.4 is 0 Å². The van der Waals surface area contributed by atoms with Crippen molar-refractivity contribution in [2.75, 3.05) is 27.3 Å². The lowest BCUT2D eigenvalue weighted by molar-refractivity contribution is -0.144. The highest BCUT2D eigenvalue weighted by Crippen LogP contribution is 2.14. The smallest absolute Gasteiger partial charge is 0.325 e. The Morgan fingerprint density at radius 3 is 2.15 bits per heavy atom. The van der Waals surface area contributed by atoms with Crippen LogP contribution in [0, 0.1) is 0 Å². The van der Waals surface area contributed by atoms with Gasteiger partial charge in [-0.3, -0.25) is 14.4 Å². The van der Waals surface area contributed by atoms with Gasteiger partial charge >= 0.3 is 11.9 Å². The maximum absolute atomic E-state index is 12.3. The Hall–Kier alpha value is -2.03. The summed E-state index contributed by atoms with van der Waals surface area (Å²) in [6.07, 6.45) is 0.530. The molecule has 0 N–H and O–H groups in total. The van der Waals surface area contributed by atoms with Crippen LogP contribution in [0.5, 0.6) is 0 Å². The molecule has 1 heterocycles. The van der Waals surface area contributed by atoms with E-state index < -0.39 is 17.8 Å². The molecule has 0 aliphatic heterocycles. The molecule has 1 amide bonds. The lowest BCUT2D eigenvalue weighted by Gasteiger charge is -2.19. The molecule has 0 spiro atoms. The molecule has 0 aliphatic rings. The van der Waals surface area contributed by atoms with Crippen LogP contribution in [0.25, 0.3) is 0 Å². The van der Waals surface area contributed by atoms with Crippen LogP contribution in [0.2, 0.25) is 0 Å². The molecule has 1 rings (SSSR count). The Labute approximate surface area is 119 Å². The van der Waals surface area contributed by atoms with Crippen LogP contribution in [0.3, 0.4) is 0 Å². The largest absolute Gasteiger partial charge is 0.468 e. The highest BCUT2D eigenvalue weighted by Gasteiger charge is 2.26. The molecular formula is C11H15N3O5S. The fourth-order valence-electron chi connectivity index (χ4n) is 1.39. The molecule has 110 valence electrons. The second kappa shape index (κ2) is 7.53. The zero-order valence-corrected chi connectivity index (χ0v) is 12.2. The highest BCUT2D eigenvalue weighted by molar-refractivity contribution is 7.08. The topological polar surface area (TPSA) is 98.7 Å². The predicted octanol–water partition coefficient (Wildman–Crippen LogP) is -0.111. The van der Waals surface area contributed by atoms with Crippen molar-refractivity contribution in [3.05, 3.63) is 10.6 Å². The second-order valence-corrected chi connectivity index (χ2v) is 4.47. The van der Waals surface area contributed by atoms with Gasteiger partial charge < -0.3 is 14.4 Å². The Balaban J connectivity index is 2.94. The molecule has 0 saturated carbocycles. The van der Waals surface area contributed by atoms with E-state index in [2.05, 4.69) is 19.1 Å². The van der Waals surface area contributed by atoms with Gasteiger partial charge in [-0.05, 0) is 18.0 Å². The third-order valence-electron chi connectivity index (χ3n) is 2.47. The van der Waals surface area contributed by atoms with E-state index >= 15 is 0 Å². The van der Waals surface area contributed by atoms with Gasteiger partial charge in [0.15, 0.2) is 0 Å². The van der Waals surface area contributed by atoms with Crippen molar-refractivity contribution in [2.45, 2.75) is 13.3 Å². The summed E-state index contributed by atoms with van der Waals surface area (Å²) in [5.74, 6) is -1.75. The lowest BCUT2D eigenvalue weighted by Crippen LogP contribution is -2.40. The average molecular weight is 301 g/mol. The maximum atomic E-state index is 12.3. The first-order valence-corrected chi connectivity index (χ1v) is 6.54. The summed E-state index contributed by atoms with van der Waals surface area (Å²) in [6.45, 7) is 1.15. The Bertz CT molecular complexity index is 484. The van der Waals surface area contributed by atoms with Gasteiger partial charge in [0.1, 0.15) is 18.0 Å². The van der Waals surface area contributed by atoms with E-state index in [0.29, 0.717) is 17.0 Å². The van der Waals surface area contributed by atoms with E-state index in [9.17, 15) is 14.4 Å². The molecule has 0 aromatic carbocycles. The van der Waals surface area contributed by atoms with Gasteiger partial charge in [0.2, 0.25) is 0 Å². The normalized spacial score (nSPS) is 9.95. The molecule has 20 heavy (non-hydrogen) atoms. The number of hydrogen-bond acceptors (Lipinski definition) is 8. The van der Waals surface area contributed by atoms with E-state index in [1.54, 1.807) is 0 Å². The van der Waals surface area contributed by atoms with Crippen molar-refractivity contribution in [3.63, 3.8) is 0 Å². The first kappa shape index (κ1) is 16.0. The van der Waals surface area contributed by atoms with E-state index in [-0.39, 0.29) is 13.1 Å². The van der Waals surface area contributed by atoms with Gasteiger partial charge in [-0.25, -0.2) is 0 Å². The van der Waals surface area contributed by atoms with Gasteiger partial charge in [-0.15, -0.1) is 5.10 Å². The number of carbonyl (C=O) groups excluding carboxylic acids is 3. The summed E-state index contributed by atoms with van der Waals surface area (Å²) in [6, 6.07) is 0. The molecule has 8 nitrogen and oxygen atoms in total. The minimum Gasteiger partial charge on any atom is -0.468 e. The number of rotatable bonds is 6. The molecule has 0 aliphatic carbocycles. The van der Waals surface area contributed by atoms with Gasteiger partial charge in [0.05, 0.1) is 19.9 Å². The van der Waals surface area contributed by atoms with Crippen LogP contribution in [-0.4, -0.2) is 59.6 Å². The minimum atomic E-state index is -0.627. The molecule has 1 aromatic rings. The first-order chi connectivity index (χ1) is 9.53. The molecule has 0 radical (unpaired) electrons. The highest BCUT2D eigenvalue weighted by atomic mass is 32.1. The van der Waals surface area contributed by atoms with Crippen molar-refractivity contribution in [1.29, 1.82) is 0 Å². The molecule has 1 aromatic heterocycles. The lowest BCUT2D eigenvalue weighted by atomic mass is 10.2. The zero-order valence-electron chi connectivity index (χ0n) is 11.4. The first-order valence-electron chi connectivity index (χ1n) is 5.77. The number of amides is 1. The molecule has 0 atom stereocenters. The fourth-order valence-corrected chi connectivity index (χ4v) is 2.11. The van der Waals surface area contributed by atoms with E-state index in [0.717, 1.165) is 16.4 Å². The molecule has 0 saturated heterocycles. The van der Waals surface area contributed by atoms with Crippen LogP contribution >= 0.6 is 11.5 Å². The SMILES string of the molecule is CCc1nnsc1C(=O)N(CC(=O)OC)CC(=O)OC. The quantitative estimate of drug-likeness (QED) is 0.676. The molecule has 0 unspecified atom stereocenters. The van der Waals surface area contributed by atoms with Crippen molar-refractivity contribution >= 4 is 29.4 Å². The van der Waals surface area contributed by atoms with Crippen molar-refractivity contribution in [2.24, 2.45) is 0 Å². The number of methoxy groups -OCH3 is 2.